The Hall–Kier alpha value is -3.10. The van der Waals surface area contributed by atoms with Gasteiger partial charge < -0.3 is 25.2 Å². The van der Waals surface area contributed by atoms with E-state index in [1.165, 1.54) is 0 Å². The van der Waals surface area contributed by atoms with Gasteiger partial charge in [-0.15, -0.1) is 0 Å². The highest BCUT2D eigenvalue weighted by atomic mass is 16.6. The van der Waals surface area contributed by atoms with Gasteiger partial charge in [-0.3, -0.25) is 9.59 Å². The van der Waals surface area contributed by atoms with Gasteiger partial charge in [0.1, 0.15) is 23.3 Å². The molecule has 9 nitrogen and oxygen atoms in total. The summed E-state index contributed by atoms with van der Waals surface area (Å²) in [6.45, 7) is 10.1. The third kappa shape index (κ3) is 11.3. The molecule has 0 radical (unpaired) electrons. The fraction of sp³-hybridized carbons (Fsp3) is 0.565. The van der Waals surface area contributed by atoms with Gasteiger partial charge in [-0.25, -0.2) is 9.59 Å². The van der Waals surface area contributed by atoms with Crippen LogP contribution in [0.2, 0.25) is 0 Å². The van der Waals surface area contributed by atoms with Gasteiger partial charge in [-0.1, -0.05) is 30.3 Å². The molecule has 0 saturated carbocycles. The zero-order chi connectivity index (χ0) is 24.5. The second-order valence-electron chi connectivity index (χ2n) is 9.42. The molecule has 0 saturated heterocycles. The highest BCUT2D eigenvalue weighted by molar-refractivity contribution is 5.90. The Bertz CT molecular complexity index is 795. The number of carbonyl (C=O) groups excluding carboxylic acids is 3. The molecule has 0 heterocycles. The molecule has 3 N–H and O–H groups in total. The molecule has 1 aromatic carbocycles. The predicted octanol–water partition coefficient (Wildman–Crippen LogP) is 2.81. The SMILES string of the molecule is CC(C)(C)OC(=O)N[C@@H](Cc1ccccc1)C(=O)N[C@H](CCC(=O)O)C(=O)OC(C)(C)C. The van der Waals surface area contributed by atoms with Gasteiger partial charge in [-0.2, -0.15) is 0 Å². The Labute approximate surface area is 188 Å². The Morgan fingerprint density at radius 2 is 1.44 bits per heavy atom. The van der Waals surface area contributed by atoms with Crippen molar-refractivity contribution in [3.8, 4) is 0 Å². The Kier molecular flexibility index (Phi) is 9.68. The molecule has 2 atom stereocenters. The fourth-order valence-corrected chi connectivity index (χ4v) is 2.67. The fourth-order valence-electron chi connectivity index (χ4n) is 2.67. The smallest absolute Gasteiger partial charge is 0.408 e. The summed E-state index contributed by atoms with van der Waals surface area (Å²) >= 11 is 0. The number of rotatable bonds is 9. The molecular weight excluding hydrogens is 416 g/mol. The minimum Gasteiger partial charge on any atom is -0.481 e. The maximum Gasteiger partial charge on any atom is 0.408 e. The van der Waals surface area contributed by atoms with Crippen molar-refractivity contribution in [2.24, 2.45) is 0 Å². The summed E-state index contributed by atoms with van der Waals surface area (Å²) < 4.78 is 10.6. The monoisotopic (exact) mass is 450 g/mol. The molecule has 0 unspecified atom stereocenters. The van der Waals surface area contributed by atoms with Gasteiger partial charge in [0.15, 0.2) is 0 Å². The van der Waals surface area contributed by atoms with Crippen molar-refractivity contribution in [2.75, 3.05) is 0 Å². The van der Waals surface area contributed by atoms with Crippen molar-refractivity contribution in [3.05, 3.63) is 35.9 Å². The number of hydrogen-bond acceptors (Lipinski definition) is 6. The quantitative estimate of drug-likeness (QED) is 0.493. The lowest BCUT2D eigenvalue weighted by molar-refractivity contribution is -0.159. The predicted molar refractivity (Wildman–Crippen MR) is 118 cm³/mol. The molecule has 178 valence electrons. The number of ether oxygens (including phenoxy) is 2. The van der Waals surface area contributed by atoms with Gasteiger partial charge in [0.05, 0.1) is 0 Å². The molecule has 0 aliphatic heterocycles. The molecule has 0 aliphatic carbocycles. The van der Waals surface area contributed by atoms with Crippen LogP contribution in [0.4, 0.5) is 4.79 Å². The minimum atomic E-state index is -1.18. The number of esters is 1. The van der Waals surface area contributed by atoms with E-state index in [2.05, 4.69) is 10.6 Å². The molecule has 1 aromatic rings. The van der Waals surface area contributed by atoms with E-state index in [9.17, 15) is 19.2 Å². The number of nitrogens with one attached hydrogen (secondary N) is 2. The lowest BCUT2D eigenvalue weighted by Gasteiger charge is -2.27. The van der Waals surface area contributed by atoms with Crippen molar-refractivity contribution >= 4 is 23.9 Å². The Morgan fingerprint density at radius 1 is 0.875 bits per heavy atom. The molecular formula is C23H34N2O7. The van der Waals surface area contributed by atoms with Crippen molar-refractivity contribution in [2.45, 2.75) is 84.1 Å². The van der Waals surface area contributed by atoms with Crippen LogP contribution < -0.4 is 10.6 Å². The number of hydrogen-bond donors (Lipinski definition) is 3. The van der Waals surface area contributed by atoms with Crippen LogP contribution >= 0.6 is 0 Å². The molecule has 0 aromatic heterocycles. The van der Waals surface area contributed by atoms with E-state index in [1.807, 2.05) is 6.07 Å². The molecule has 1 rings (SSSR count). The molecule has 0 bridgehead atoms. The average molecular weight is 451 g/mol. The van der Waals surface area contributed by atoms with Crippen LogP contribution in [0.15, 0.2) is 30.3 Å². The third-order valence-corrected chi connectivity index (χ3v) is 3.94. The molecule has 2 amide bonds. The minimum absolute atomic E-state index is 0.145. The lowest BCUT2D eigenvalue weighted by atomic mass is 10.0. The summed E-state index contributed by atoms with van der Waals surface area (Å²) in [7, 11) is 0. The highest BCUT2D eigenvalue weighted by Crippen LogP contribution is 2.13. The Morgan fingerprint density at radius 3 is 1.94 bits per heavy atom. The topological polar surface area (TPSA) is 131 Å². The van der Waals surface area contributed by atoms with Gasteiger partial charge in [0, 0.05) is 12.8 Å². The first kappa shape index (κ1) is 26.9. The van der Waals surface area contributed by atoms with Gasteiger partial charge in [0.25, 0.3) is 0 Å². The number of carboxylic acids is 1. The summed E-state index contributed by atoms with van der Waals surface area (Å²) in [5, 5.41) is 14.1. The first-order valence-corrected chi connectivity index (χ1v) is 10.4. The number of aliphatic carboxylic acids is 1. The van der Waals surface area contributed by atoms with Crippen molar-refractivity contribution in [1.29, 1.82) is 0 Å². The van der Waals surface area contributed by atoms with E-state index in [0.717, 1.165) is 5.56 Å². The van der Waals surface area contributed by atoms with E-state index in [1.54, 1.807) is 65.8 Å². The normalized spacial score (nSPS) is 13.4. The largest absolute Gasteiger partial charge is 0.481 e. The van der Waals surface area contributed by atoms with Crippen LogP contribution in [0.3, 0.4) is 0 Å². The molecule has 0 fully saturated rings. The van der Waals surface area contributed by atoms with Crippen molar-refractivity contribution < 1.29 is 33.8 Å². The van der Waals surface area contributed by atoms with E-state index >= 15 is 0 Å². The van der Waals surface area contributed by atoms with E-state index < -0.39 is 47.2 Å². The van der Waals surface area contributed by atoms with E-state index in [0.29, 0.717) is 0 Å². The van der Waals surface area contributed by atoms with Crippen LogP contribution in [0.25, 0.3) is 0 Å². The van der Waals surface area contributed by atoms with E-state index in [-0.39, 0.29) is 19.3 Å². The Balaban J connectivity index is 3.04. The summed E-state index contributed by atoms with van der Waals surface area (Å²) in [4.78, 5) is 48.9. The number of amides is 2. The maximum absolute atomic E-state index is 13.0. The number of carbonyl (C=O) groups is 4. The summed E-state index contributed by atoms with van der Waals surface area (Å²) in [6.07, 6.45) is -1.13. The number of benzene rings is 1. The second-order valence-corrected chi connectivity index (χ2v) is 9.42. The zero-order valence-corrected chi connectivity index (χ0v) is 19.6. The molecule has 9 heteroatoms. The van der Waals surface area contributed by atoms with Crippen LogP contribution in [-0.4, -0.2) is 52.3 Å². The van der Waals surface area contributed by atoms with Crippen LogP contribution in [-0.2, 0) is 30.3 Å². The number of carboxylic acid groups (broad SMARTS) is 1. The summed E-state index contributed by atoms with van der Waals surface area (Å²) in [5.74, 6) is -2.51. The second kappa shape index (κ2) is 11.5. The summed E-state index contributed by atoms with van der Waals surface area (Å²) in [6, 6.07) is 6.78. The zero-order valence-electron chi connectivity index (χ0n) is 19.6. The first-order valence-electron chi connectivity index (χ1n) is 10.4. The van der Waals surface area contributed by atoms with Crippen molar-refractivity contribution in [1.82, 2.24) is 10.6 Å². The van der Waals surface area contributed by atoms with Gasteiger partial charge >= 0.3 is 18.0 Å². The highest BCUT2D eigenvalue weighted by Gasteiger charge is 2.31. The third-order valence-electron chi connectivity index (χ3n) is 3.94. The molecule has 32 heavy (non-hydrogen) atoms. The maximum atomic E-state index is 13.0. The van der Waals surface area contributed by atoms with Crippen LogP contribution in [0.5, 0.6) is 0 Å². The number of alkyl carbamates (subject to hydrolysis) is 1. The van der Waals surface area contributed by atoms with Crippen LogP contribution in [0.1, 0.15) is 59.9 Å². The van der Waals surface area contributed by atoms with Crippen LogP contribution in [0, 0.1) is 0 Å². The van der Waals surface area contributed by atoms with Gasteiger partial charge in [-0.05, 0) is 53.5 Å². The lowest BCUT2D eigenvalue weighted by Crippen LogP contribution is -2.54. The average Bonchev–Trinajstić information content (AvgIpc) is 2.62. The standard InChI is InChI=1S/C23H34N2O7/c1-22(2,3)31-20(29)16(12-13-18(26)27)24-19(28)17(14-15-10-8-7-9-11-15)25-21(30)32-23(4,5)6/h7-11,16-17H,12-14H2,1-6H3,(H,24,28)(H,25,30)(H,26,27)/t16-,17+/m1/s1. The summed E-state index contributed by atoms with van der Waals surface area (Å²) in [5.41, 5.74) is -0.803. The first-order chi connectivity index (χ1) is 14.7. The van der Waals surface area contributed by atoms with Gasteiger partial charge in [0.2, 0.25) is 5.91 Å². The van der Waals surface area contributed by atoms with E-state index in [4.69, 9.17) is 14.6 Å². The van der Waals surface area contributed by atoms with Crippen molar-refractivity contribution in [3.63, 3.8) is 0 Å². The molecule has 0 aliphatic rings. The molecule has 0 spiro atoms.